The second kappa shape index (κ2) is 9.24. The normalized spacial score (nSPS) is 19.0. The highest BCUT2D eigenvalue weighted by molar-refractivity contribution is 6.09. The van der Waals surface area contributed by atoms with Crippen LogP contribution < -0.4 is 11.1 Å². The molecule has 156 valence electrons. The Morgan fingerprint density at radius 2 is 1.97 bits per heavy atom. The molecule has 6 nitrogen and oxygen atoms in total. The number of hydrogen-bond donors (Lipinski definition) is 3. The Morgan fingerprint density at radius 3 is 2.60 bits per heavy atom. The second-order valence-electron chi connectivity index (χ2n) is 8.17. The number of likely N-dealkylation sites (tertiary alicyclic amines) is 1. The Kier molecular flexibility index (Phi) is 6.26. The van der Waals surface area contributed by atoms with E-state index in [0.717, 1.165) is 49.7 Å². The number of nitrogens with two attached hydrogens (primary N) is 1. The van der Waals surface area contributed by atoms with Crippen molar-refractivity contribution in [1.29, 1.82) is 5.41 Å². The molecule has 1 aromatic heterocycles. The SMILES string of the molecule is N=C/C(=C\N)c1ccncc1/C=C/Nc1ccc(CN2CCC3(CC2)COC3)cc1. The lowest BCUT2D eigenvalue weighted by molar-refractivity contribution is -0.140. The van der Waals surface area contributed by atoms with Crippen LogP contribution in [0.25, 0.3) is 11.6 Å². The molecule has 30 heavy (non-hydrogen) atoms. The van der Waals surface area contributed by atoms with Crippen LogP contribution in [0.4, 0.5) is 5.69 Å². The molecule has 0 atom stereocenters. The van der Waals surface area contributed by atoms with Crippen LogP contribution in [-0.4, -0.2) is 42.4 Å². The summed E-state index contributed by atoms with van der Waals surface area (Å²) in [6, 6.07) is 10.5. The number of nitrogens with zero attached hydrogens (tertiary/aromatic N) is 2. The summed E-state index contributed by atoms with van der Waals surface area (Å²) >= 11 is 0. The van der Waals surface area contributed by atoms with Crippen molar-refractivity contribution in [2.45, 2.75) is 19.4 Å². The summed E-state index contributed by atoms with van der Waals surface area (Å²) in [6.07, 6.45) is 12.5. The maximum absolute atomic E-state index is 7.51. The number of nitrogens with one attached hydrogen (secondary N) is 2. The first-order valence-corrected chi connectivity index (χ1v) is 10.4. The molecular weight excluding hydrogens is 374 g/mol. The lowest BCUT2D eigenvalue weighted by Crippen LogP contribution is -2.50. The maximum atomic E-state index is 7.51. The zero-order valence-electron chi connectivity index (χ0n) is 17.2. The topological polar surface area (TPSA) is 87.3 Å². The molecule has 0 unspecified atom stereocenters. The highest BCUT2D eigenvalue weighted by Crippen LogP contribution is 2.38. The largest absolute Gasteiger partial charge is 0.404 e. The molecule has 2 aliphatic heterocycles. The molecule has 1 spiro atoms. The molecule has 2 aliphatic rings. The summed E-state index contributed by atoms with van der Waals surface area (Å²) in [5.41, 5.74) is 10.9. The van der Waals surface area contributed by atoms with Gasteiger partial charge in [-0.2, -0.15) is 0 Å². The molecule has 3 heterocycles. The molecule has 0 amide bonds. The van der Waals surface area contributed by atoms with Gasteiger partial charge in [0.05, 0.1) is 13.2 Å². The fourth-order valence-corrected chi connectivity index (χ4v) is 4.08. The maximum Gasteiger partial charge on any atom is 0.0545 e. The Bertz CT molecular complexity index is 921. The Balaban J connectivity index is 1.32. The van der Waals surface area contributed by atoms with Crippen LogP contribution in [0.3, 0.4) is 0 Å². The molecule has 2 fully saturated rings. The summed E-state index contributed by atoms with van der Waals surface area (Å²) in [5.74, 6) is 0. The van der Waals surface area contributed by atoms with Gasteiger partial charge >= 0.3 is 0 Å². The molecule has 4 rings (SSSR count). The van der Waals surface area contributed by atoms with Crippen molar-refractivity contribution in [3.63, 3.8) is 0 Å². The summed E-state index contributed by atoms with van der Waals surface area (Å²) in [7, 11) is 0. The Labute approximate surface area is 178 Å². The minimum absolute atomic E-state index is 0.490. The van der Waals surface area contributed by atoms with Crippen molar-refractivity contribution in [3.05, 3.63) is 71.8 Å². The molecule has 0 saturated carbocycles. The highest BCUT2D eigenvalue weighted by Gasteiger charge is 2.40. The molecule has 0 radical (unpaired) electrons. The van der Waals surface area contributed by atoms with Gasteiger partial charge in [0, 0.05) is 59.8 Å². The molecule has 0 bridgehead atoms. The van der Waals surface area contributed by atoms with E-state index in [9.17, 15) is 0 Å². The van der Waals surface area contributed by atoms with Crippen LogP contribution in [0.2, 0.25) is 0 Å². The van der Waals surface area contributed by atoms with Crippen LogP contribution in [0, 0.1) is 10.8 Å². The van der Waals surface area contributed by atoms with E-state index in [1.807, 2.05) is 18.3 Å². The van der Waals surface area contributed by atoms with Crippen molar-refractivity contribution < 1.29 is 4.74 Å². The Hall–Kier alpha value is -2.96. The number of pyridine rings is 1. The van der Waals surface area contributed by atoms with Gasteiger partial charge in [0.25, 0.3) is 0 Å². The minimum atomic E-state index is 0.490. The van der Waals surface area contributed by atoms with Gasteiger partial charge in [0.2, 0.25) is 0 Å². The first-order chi connectivity index (χ1) is 14.7. The van der Waals surface area contributed by atoms with Crippen LogP contribution in [-0.2, 0) is 11.3 Å². The molecule has 2 saturated heterocycles. The van der Waals surface area contributed by atoms with Gasteiger partial charge < -0.3 is 21.2 Å². The zero-order chi connectivity index (χ0) is 20.8. The van der Waals surface area contributed by atoms with Gasteiger partial charge in [-0.05, 0) is 61.3 Å². The summed E-state index contributed by atoms with van der Waals surface area (Å²) < 4.78 is 5.42. The van der Waals surface area contributed by atoms with Crippen molar-refractivity contribution in [2.24, 2.45) is 11.1 Å². The summed E-state index contributed by atoms with van der Waals surface area (Å²) in [4.78, 5) is 6.72. The molecule has 6 heteroatoms. The zero-order valence-corrected chi connectivity index (χ0v) is 17.2. The molecule has 4 N–H and O–H groups in total. The van der Waals surface area contributed by atoms with E-state index in [1.54, 1.807) is 12.4 Å². The van der Waals surface area contributed by atoms with Gasteiger partial charge in [-0.1, -0.05) is 12.1 Å². The van der Waals surface area contributed by atoms with Crippen molar-refractivity contribution >= 4 is 23.6 Å². The molecule has 0 aliphatic carbocycles. The summed E-state index contributed by atoms with van der Waals surface area (Å²) in [5, 5.41) is 10.8. The lowest BCUT2D eigenvalue weighted by Gasteiger charge is -2.47. The third kappa shape index (κ3) is 4.61. The van der Waals surface area contributed by atoms with Crippen molar-refractivity contribution in [2.75, 3.05) is 31.6 Å². The quantitative estimate of drug-likeness (QED) is 0.613. The number of hydrogen-bond acceptors (Lipinski definition) is 6. The predicted molar refractivity (Wildman–Crippen MR) is 122 cm³/mol. The third-order valence-corrected chi connectivity index (χ3v) is 6.10. The van der Waals surface area contributed by atoms with E-state index >= 15 is 0 Å². The fraction of sp³-hybridized carbons (Fsp3) is 0.333. The standard InChI is InChI=1S/C24H29N5O/c25-13-21(14-26)23-6-9-27-15-20(23)5-10-28-22-3-1-19(2-4-22)16-29-11-7-24(8-12-29)17-30-18-24/h1-6,9-10,13-15,25,28H,7-8,11-12,16-18,26H2/b10-5+,21-14+,25-13?. The number of ether oxygens (including phenoxy) is 1. The van der Waals surface area contributed by atoms with Crippen molar-refractivity contribution in [3.8, 4) is 0 Å². The van der Waals surface area contributed by atoms with E-state index in [-0.39, 0.29) is 0 Å². The third-order valence-electron chi connectivity index (χ3n) is 6.10. The number of allylic oxidation sites excluding steroid dienone is 1. The number of rotatable bonds is 7. The lowest BCUT2D eigenvalue weighted by atomic mass is 9.77. The first-order valence-electron chi connectivity index (χ1n) is 10.4. The van der Waals surface area contributed by atoms with Gasteiger partial charge in [-0.25, -0.2) is 0 Å². The van der Waals surface area contributed by atoms with E-state index in [4.69, 9.17) is 15.9 Å². The Morgan fingerprint density at radius 1 is 1.20 bits per heavy atom. The number of benzene rings is 1. The van der Waals surface area contributed by atoms with E-state index < -0.39 is 0 Å². The average Bonchev–Trinajstić information content (AvgIpc) is 2.76. The van der Waals surface area contributed by atoms with Gasteiger partial charge in [0.15, 0.2) is 0 Å². The van der Waals surface area contributed by atoms with Crippen LogP contribution in [0.1, 0.15) is 29.5 Å². The number of piperidine rings is 1. The van der Waals surface area contributed by atoms with Crippen LogP contribution in [0.15, 0.2) is 55.1 Å². The minimum Gasteiger partial charge on any atom is -0.404 e. The molecular formula is C24H29N5O. The van der Waals surface area contributed by atoms with E-state index in [1.165, 1.54) is 30.8 Å². The second-order valence-corrected chi connectivity index (χ2v) is 8.17. The fourth-order valence-electron chi connectivity index (χ4n) is 4.08. The molecule has 1 aromatic carbocycles. The summed E-state index contributed by atoms with van der Waals surface area (Å²) in [6.45, 7) is 5.24. The van der Waals surface area contributed by atoms with Crippen LogP contribution >= 0.6 is 0 Å². The number of aromatic nitrogens is 1. The van der Waals surface area contributed by atoms with Crippen molar-refractivity contribution in [1.82, 2.24) is 9.88 Å². The number of anilines is 1. The van der Waals surface area contributed by atoms with Gasteiger partial charge in [-0.3, -0.25) is 9.88 Å². The smallest absolute Gasteiger partial charge is 0.0545 e. The van der Waals surface area contributed by atoms with E-state index in [0.29, 0.717) is 11.0 Å². The van der Waals surface area contributed by atoms with Gasteiger partial charge in [0.1, 0.15) is 0 Å². The van der Waals surface area contributed by atoms with Crippen LogP contribution in [0.5, 0.6) is 0 Å². The highest BCUT2D eigenvalue weighted by atomic mass is 16.5. The van der Waals surface area contributed by atoms with E-state index in [2.05, 4.69) is 39.5 Å². The predicted octanol–water partition coefficient (Wildman–Crippen LogP) is 3.73. The average molecular weight is 404 g/mol. The van der Waals surface area contributed by atoms with Gasteiger partial charge in [-0.15, -0.1) is 0 Å². The first kappa shape index (κ1) is 20.3. The molecule has 2 aromatic rings. The monoisotopic (exact) mass is 403 g/mol.